The Labute approximate surface area is 202 Å². The van der Waals surface area contributed by atoms with Crippen molar-refractivity contribution in [3.8, 4) is 11.1 Å². The largest absolute Gasteiger partial charge is 0.462 e. The Hall–Kier alpha value is -2.86. The van der Waals surface area contributed by atoms with Gasteiger partial charge in [0.2, 0.25) is 0 Å². The van der Waals surface area contributed by atoms with Crippen LogP contribution in [0.4, 0.5) is 0 Å². The molecule has 1 heterocycles. The molecule has 33 heavy (non-hydrogen) atoms. The van der Waals surface area contributed by atoms with Crippen molar-refractivity contribution in [1.82, 2.24) is 4.90 Å². The Morgan fingerprint density at radius 2 is 1.45 bits per heavy atom. The number of carbonyl (C=O) groups excluding carboxylic acids is 2. The second kappa shape index (κ2) is 12.4. The molecule has 0 spiro atoms. The average molecular weight is 472 g/mol. The monoisotopic (exact) mass is 471 g/mol. The molecule has 1 aliphatic heterocycles. The minimum atomic E-state index is -0.115. The van der Waals surface area contributed by atoms with Crippen molar-refractivity contribution in [2.75, 3.05) is 13.1 Å². The Kier molecular flexibility index (Phi) is 9.92. The van der Waals surface area contributed by atoms with E-state index in [0.29, 0.717) is 30.6 Å². The van der Waals surface area contributed by atoms with E-state index in [1.54, 1.807) is 0 Å². The summed E-state index contributed by atoms with van der Waals surface area (Å²) in [6.07, 6.45) is 3.79. The molecule has 1 amide bonds. The quantitative estimate of drug-likeness (QED) is 0.320. The highest BCUT2D eigenvalue weighted by atomic mass is 35.5. The first kappa shape index (κ1) is 26.4. The highest BCUT2D eigenvalue weighted by molar-refractivity contribution is 5.96. The number of piperidine rings is 1. The first-order valence-electron chi connectivity index (χ1n) is 11.4. The van der Waals surface area contributed by atoms with Gasteiger partial charge in [-0.05, 0) is 54.9 Å². The summed E-state index contributed by atoms with van der Waals surface area (Å²) in [4.78, 5) is 26.9. The van der Waals surface area contributed by atoms with Gasteiger partial charge in [-0.2, -0.15) is 0 Å². The van der Waals surface area contributed by atoms with E-state index >= 15 is 0 Å². The van der Waals surface area contributed by atoms with Crippen molar-refractivity contribution in [2.24, 2.45) is 11.7 Å². The molecule has 0 atom stereocenters. The van der Waals surface area contributed by atoms with E-state index in [1.807, 2.05) is 67.3 Å². The third-order valence-electron chi connectivity index (χ3n) is 6.23. The lowest BCUT2D eigenvalue weighted by Gasteiger charge is -2.32. The van der Waals surface area contributed by atoms with Crippen molar-refractivity contribution in [2.45, 2.75) is 52.1 Å². The van der Waals surface area contributed by atoms with Crippen molar-refractivity contribution in [3.63, 3.8) is 0 Å². The summed E-state index contributed by atoms with van der Waals surface area (Å²) in [5.41, 5.74) is 8.88. The molecule has 0 saturated carbocycles. The number of nitrogens with two attached hydrogens (primary N) is 1. The molecule has 2 aromatic rings. The highest BCUT2D eigenvalue weighted by Crippen LogP contribution is 2.25. The molecular formula is C26H34ClN3O3. The number of amides is 1. The van der Waals surface area contributed by atoms with E-state index in [0.717, 1.165) is 36.8 Å². The SMILES string of the molecule is CCC(CC)OC(=O)CC1CCN(C(=O)c2ccc(-c3ccc(C(=N)N)cc3)cc2)CC1.Cl. The van der Waals surface area contributed by atoms with Crippen LogP contribution >= 0.6 is 12.4 Å². The molecule has 3 rings (SSSR count). The summed E-state index contributed by atoms with van der Waals surface area (Å²) < 4.78 is 5.52. The van der Waals surface area contributed by atoms with Crippen LogP contribution in [0.25, 0.3) is 11.1 Å². The van der Waals surface area contributed by atoms with Gasteiger partial charge in [0.25, 0.3) is 5.91 Å². The minimum absolute atomic E-state index is 0. The molecule has 0 bridgehead atoms. The predicted molar refractivity (Wildman–Crippen MR) is 134 cm³/mol. The number of hydrogen-bond donors (Lipinski definition) is 2. The lowest BCUT2D eigenvalue weighted by molar-refractivity contribution is -0.150. The van der Waals surface area contributed by atoms with Gasteiger partial charge in [0, 0.05) is 30.6 Å². The number of ether oxygens (including phenoxy) is 1. The van der Waals surface area contributed by atoms with Crippen molar-refractivity contribution in [3.05, 3.63) is 59.7 Å². The summed E-state index contributed by atoms with van der Waals surface area (Å²) in [5, 5.41) is 7.48. The maximum Gasteiger partial charge on any atom is 0.306 e. The van der Waals surface area contributed by atoms with Crippen LogP contribution in [0.15, 0.2) is 48.5 Å². The van der Waals surface area contributed by atoms with Crippen LogP contribution in [0.2, 0.25) is 0 Å². The van der Waals surface area contributed by atoms with Crippen LogP contribution in [-0.2, 0) is 9.53 Å². The van der Waals surface area contributed by atoms with E-state index in [9.17, 15) is 9.59 Å². The fraction of sp³-hybridized carbons (Fsp3) is 0.423. The van der Waals surface area contributed by atoms with Gasteiger partial charge in [0.15, 0.2) is 0 Å². The van der Waals surface area contributed by atoms with Gasteiger partial charge in [-0.3, -0.25) is 15.0 Å². The Morgan fingerprint density at radius 1 is 0.970 bits per heavy atom. The molecule has 6 nitrogen and oxygen atoms in total. The number of amidine groups is 1. The van der Waals surface area contributed by atoms with Crippen LogP contribution in [-0.4, -0.2) is 41.8 Å². The molecule has 1 aliphatic rings. The average Bonchev–Trinajstić information content (AvgIpc) is 2.82. The van der Waals surface area contributed by atoms with E-state index in [1.165, 1.54) is 0 Å². The molecule has 0 aromatic heterocycles. The third kappa shape index (κ3) is 7.06. The molecule has 0 unspecified atom stereocenters. The molecule has 1 saturated heterocycles. The first-order valence-corrected chi connectivity index (χ1v) is 11.4. The number of carbonyl (C=O) groups is 2. The smallest absolute Gasteiger partial charge is 0.306 e. The van der Waals surface area contributed by atoms with Gasteiger partial charge in [-0.15, -0.1) is 12.4 Å². The van der Waals surface area contributed by atoms with E-state index in [2.05, 4.69) is 0 Å². The summed E-state index contributed by atoms with van der Waals surface area (Å²) in [6, 6.07) is 15.1. The molecule has 7 heteroatoms. The van der Waals surface area contributed by atoms with E-state index < -0.39 is 0 Å². The zero-order valence-electron chi connectivity index (χ0n) is 19.4. The van der Waals surface area contributed by atoms with Gasteiger partial charge in [0.05, 0.1) is 0 Å². The van der Waals surface area contributed by atoms with Crippen molar-refractivity contribution < 1.29 is 14.3 Å². The van der Waals surface area contributed by atoms with Crippen molar-refractivity contribution in [1.29, 1.82) is 5.41 Å². The number of nitrogens with one attached hydrogen (secondary N) is 1. The topological polar surface area (TPSA) is 96.5 Å². The molecule has 0 aliphatic carbocycles. The minimum Gasteiger partial charge on any atom is -0.462 e. The lowest BCUT2D eigenvalue weighted by atomic mass is 9.93. The molecule has 0 radical (unpaired) electrons. The van der Waals surface area contributed by atoms with Gasteiger partial charge in [-0.1, -0.05) is 50.2 Å². The zero-order valence-corrected chi connectivity index (χ0v) is 20.2. The number of halogens is 1. The Morgan fingerprint density at radius 3 is 1.91 bits per heavy atom. The first-order chi connectivity index (χ1) is 15.4. The fourth-order valence-corrected chi connectivity index (χ4v) is 4.10. The van der Waals surface area contributed by atoms with E-state index in [4.69, 9.17) is 15.9 Å². The highest BCUT2D eigenvalue weighted by Gasteiger charge is 2.26. The number of rotatable bonds is 8. The second-order valence-corrected chi connectivity index (χ2v) is 8.44. The third-order valence-corrected chi connectivity index (χ3v) is 6.23. The van der Waals surface area contributed by atoms with Crippen LogP contribution in [0.3, 0.4) is 0 Å². The number of nitrogen functional groups attached to an aromatic ring is 1. The molecule has 3 N–H and O–H groups in total. The molecule has 2 aromatic carbocycles. The van der Waals surface area contributed by atoms with Gasteiger partial charge < -0.3 is 15.4 Å². The van der Waals surface area contributed by atoms with Crippen LogP contribution in [0, 0.1) is 11.3 Å². The molecule has 1 fully saturated rings. The lowest BCUT2D eigenvalue weighted by Crippen LogP contribution is -2.39. The summed E-state index contributed by atoms with van der Waals surface area (Å²) in [6.45, 7) is 5.39. The van der Waals surface area contributed by atoms with Gasteiger partial charge >= 0.3 is 5.97 Å². The van der Waals surface area contributed by atoms with Crippen LogP contribution in [0.5, 0.6) is 0 Å². The molecular weight excluding hydrogens is 438 g/mol. The Balaban J connectivity index is 0.00000385. The Bertz CT molecular complexity index is 932. The summed E-state index contributed by atoms with van der Waals surface area (Å²) >= 11 is 0. The molecule has 178 valence electrons. The summed E-state index contributed by atoms with van der Waals surface area (Å²) in [7, 11) is 0. The number of hydrogen-bond acceptors (Lipinski definition) is 4. The maximum absolute atomic E-state index is 12.9. The number of esters is 1. The van der Waals surface area contributed by atoms with E-state index in [-0.39, 0.29) is 42.1 Å². The maximum atomic E-state index is 12.9. The fourth-order valence-electron chi connectivity index (χ4n) is 4.10. The zero-order chi connectivity index (χ0) is 23.1. The standard InChI is InChI=1S/C26H33N3O3.ClH/c1-3-23(4-2)32-24(30)17-18-13-15-29(16-14-18)26(31)22-11-7-20(8-12-22)19-5-9-21(10-6-19)25(27)28;/h5-12,18,23H,3-4,13-17H2,1-2H3,(H3,27,28);1H. The van der Waals surface area contributed by atoms with Crippen LogP contribution < -0.4 is 5.73 Å². The second-order valence-electron chi connectivity index (χ2n) is 8.44. The number of nitrogens with zero attached hydrogens (tertiary/aromatic N) is 1. The van der Waals surface area contributed by atoms with Crippen molar-refractivity contribution >= 4 is 30.1 Å². The van der Waals surface area contributed by atoms with Gasteiger partial charge in [0.1, 0.15) is 11.9 Å². The predicted octanol–water partition coefficient (Wildman–Crippen LogP) is 5.03. The number of likely N-dealkylation sites (tertiary alicyclic amines) is 1. The summed E-state index contributed by atoms with van der Waals surface area (Å²) in [5.74, 6) is 0.238. The van der Waals surface area contributed by atoms with Gasteiger partial charge in [-0.25, -0.2) is 0 Å². The number of benzene rings is 2. The normalized spacial score (nSPS) is 14.0. The van der Waals surface area contributed by atoms with Crippen LogP contribution in [0.1, 0.15) is 61.9 Å².